The van der Waals surface area contributed by atoms with Gasteiger partial charge in [0.05, 0.1) is 0 Å². The minimum Gasteiger partial charge on any atom is -0.480 e. The molecule has 0 radical (unpaired) electrons. The number of amides is 1. The predicted molar refractivity (Wildman–Crippen MR) is 46.1 cm³/mol. The van der Waals surface area contributed by atoms with Gasteiger partial charge in [0.1, 0.15) is 6.04 Å². The Balaban J connectivity index is 2.70. The van der Waals surface area contributed by atoms with E-state index in [0.717, 1.165) is 5.75 Å². The third-order valence-electron chi connectivity index (χ3n) is 1.88. The van der Waals surface area contributed by atoms with E-state index in [-0.39, 0.29) is 5.91 Å². The lowest BCUT2D eigenvalue weighted by molar-refractivity contribution is -0.147. The molecule has 0 saturated carbocycles. The Kier molecular flexibility index (Phi) is 2.97. The van der Waals surface area contributed by atoms with Gasteiger partial charge in [-0.15, -0.1) is 0 Å². The summed E-state index contributed by atoms with van der Waals surface area (Å²) >= 11 is 1.52. The first kappa shape index (κ1) is 9.38. The van der Waals surface area contributed by atoms with Crippen LogP contribution in [0.1, 0.15) is 6.42 Å². The topological polar surface area (TPSA) is 57.6 Å². The van der Waals surface area contributed by atoms with E-state index in [1.165, 1.54) is 16.7 Å². The van der Waals surface area contributed by atoms with Crippen LogP contribution in [0, 0.1) is 0 Å². The van der Waals surface area contributed by atoms with Crippen molar-refractivity contribution in [3.05, 3.63) is 0 Å². The summed E-state index contributed by atoms with van der Waals surface area (Å²) in [5, 5.41) is 8.74. The molecule has 1 aliphatic rings. The number of likely N-dealkylation sites (N-methyl/N-ethyl adjacent to an activating group) is 1. The van der Waals surface area contributed by atoms with Crippen molar-refractivity contribution in [2.75, 3.05) is 18.6 Å². The summed E-state index contributed by atoms with van der Waals surface area (Å²) in [6, 6.07) is -0.648. The summed E-state index contributed by atoms with van der Waals surface area (Å²) in [6.45, 7) is 0. The largest absolute Gasteiger partial charge is 0.480 e. The van der Waals surface area contributed by atoms with Crippen molar-refractivity contribution in [3.63, 3.8) is 0 Å². The molecule has 0 aromatic rings. The lowest BCUT2D eigenvalue weighted by Crippen LogP contribution is -2.42. The van der Waals surface area contributed by atoms with Crippen molar-refractivity contribution in [1.82, 2.24) is 4.90 Å². The van der Waals surface area contributed by atoms with Crippen LogP contribution >= 0.6 is 11.8 Å². The van der Waals surface area contributed by atoms with Gasteiger partial charge in [0.15, 0.2) is 0 Å². The standard InChI is InChI=1S/C7H11NO3S/c1-8-5(7(10)11)4-12-3-2-6(8)9/h5H,2-4H2,1H3,(H,10,11). The first-order chi connectivity index (χ1) is 5.63. The van der Waals surface area contributed by atoms with Gasteiger partial charge in [-0.25, -0.2) is 4.79 Å². The number of carboxylic acid groups (broad SMARTS) is 1. The second kappa shape index (κ2) is 3.80. The summed E-state index contributed by atoms with van der Waals surface area (Å²) in [4.78, 5) is 23.2. The fourth-order valence-electron chi connectivity index (χ4n) is 1.05. The summed E-state index contributed by atoms with van der Waals surface area (Å²) in [7, 11) is 1.55. The van der Waals surface area contributed by atoms with Gasteiger partial charge < -0.3 is 10.0 Å². The van der Waals surface area contributed by atoms with Crippen LogP contribution in [-0.2, 0) is 9.59 Å². The van der Waals surface area contributed by atoms with Gasteiger partial charge in [-0.2, -0.15) is 11.8 Å². The number of thioether (sulfide) groups is 1. The molecule has 1 unspecified atom stereocenters. The highest BCUT2D eigenvalue weighted by atomic mass is 32.2. The van der Waals surface area contributed by atoms with Crippen LogP contribution in [0.3, 0.4) is 0 Å². The van der Waals surface area contributed by atoms with Gasteiger partial charge in [0.25, 0.3) is 0 Å². The molecule has 0 bridgehead atoms. The number of rotatable bonds is 1. The molecule has 1 saturated heterocycles. The van der Waals surface area contributed by atoms with Crippen LogP contribution < -0.4 is 0 Å². The van der Waals surface area contributed by atoms with Crippen molar-refractivity contribution in [2.45, 2.75) is 12.5 Å². The SMILES string of the molecule is CN1C(=O)CCSCC1C(=O)O. The molecule has 1 fully saturated rings. The molecule has 0 spiro atoms. The van der Waals surface area contributed by atoms with E-state index in [1.807, 2.05) is 0 Å². The molecular weight excluding hydrogens is 178 g/mol. The average Bonchev–Trinajstić information content (AvgIpc) is 2.15. The van der Waals surface area contributed by atoms with Gasteiger partial charge in [0, 0.05) is 25.0 Å². The Morgan fingerprint density at radius 1 is 1.75 bits per heavy atom. The molecule has 5 heteroatoms. The third kappa shape index (κ3) is 1.91. The minimum atomic E-state index is -0.916. The maximum atomic E-state index is 11.2. The van der Waals surface area contributed by atoms with Crippen LogP contribution in [0.5, 0.6) is 0 Å². The quantitative estimate of drug-likeness (QED) is 0.632. The zero-order chi connectivity index (χ0) is 9.14. The number of carbonyl (C=O) groups is 2. The summed E-state index contributed by atoms with van der Waals surface area (Å²) in [5.41, 5.74) is 0. The van der Waals surface area contributed by atoms with Gasteiger partial charge in [-0.3, -0.25) is 4.79 Å². The van der Waals surface area contributed by atoms with Crippen LogP contribution in [0.15, 0.2) is 0 Å². The molecule has 1 atom stereocenters. The predicted octanol–water partition coefficient (Wildman–Crippen LogP) is 0.0349. The molecule has 0 aromatic carbocycles. The smallest absolute Gasteiger partial charge is 0.327 e. The first-order valence-electron chi connectivity index (χ1n) is 3.69. The molecule has 0 aliphatic carbocycles. The van der Waals surface area contributed by atoms with E-state index in [2.05, 4.69) is 0 Å². The van der Waals surface area contributed by atoms with Gasteiger partial charge >= 0.3 is 5.97 Å². The van der Waals surface area contributed by atoms with Crippen molar-refractivity contribution >= 4 is 23.6 Å². The summed E-state index contributed by atoms with van der Waals surface area (Å²) < 4.78 is 0. The van der Waals surface area contributed by atoms with Crippen LogP contribution in [0.25, 0.3) is 0 Å². The normalized spacial score (nSPS) is 25.2. The highest BCUT2D eigenvalue weighted by Crippen LogP contribution is 2.15. The van der Waals surface area contributed by atoms with Gasteiger partial charge in [-0.1, -0.05) is 0 Å². The molecule has 1 aliphatic heterocycles. The molecular formula is C7H11NO3S. The average molecular weight is 189 g/mol. The second-order valence-electron chi connectivity index (χ2n) is 2.68. The molecule has 0 aromatic heterocycles. The fraction of sp³-hybridized carbons (Fsp3) is 0.714. The third-order valence-corrected chi connectivity index (χ3v) is 2.93. The Labute approximate surface area is 74.9 Å². The molecule has 4 nitrogen and oxygen atoms in total. The zero-order valence-electron chi connectivity index (χ0n) is 6.82. The maximum Gasteiger partial charge on any atom is 0.327 e. The number of carbonyl (C=O) groups excluding carboxylic acids is 1. The van der Waals surface area contributed by atoms with Crippen LogP contribution in [-0.4, -0.2) is 46.5 Å². The molecule has 1 amide bonds. The van der Waals surface area contributed by atoms with Crippen molar-refractivity contribution in [2.24, 2.45) is 0 Å². The number of hydrogen-bond acceptors (Lipinski definition) is 3. The van der Waals surface area contributed by atoms with E-state index in [1.54, 1.807) is 7.05 Å². The van der Waals surface area contributed by atoms with Crippen LogP contribution in [0.4, 0.5) is 0 Å². The monoisotopic (exact) mass is 189 g/mol. The van der Waals surface area contributed by atoms with E-state index in [9.17, 15) is 9.59 Å². The Hall–Kier alpha value is -0.710. The molecule has 1 N–H and O–H groups in total. The van der Waals surface area contributed by atoms with Crippen LogP contribution in [0.2, 0.25) is 0 Å². The molecule has 1 heterocycles. The van der Waals surface area contributed by atoms with E-state index in [0.29, 0.717) is 12.2 Å². The number of nitrogens with zero attached hydrogens (tertiary/aromatic N) is 1. The highest BCUT2D eigenvalue weighted by Gasteiger charge is 2.28. The number of hydrogen-bond donors (Lipinski definition) is 1. The number of aliphatic carboxylic acids is 1. The molecule has 12 heavy (non-hydrogen) atoms. The van der Waals surface area contributed by atoms with E-state index >= 15 is 0 Å². The Bertz CT molecular complexity index is 207. The lowest BCUT2D eigenvalue weighted by atomic mass is 10.3. The van der Waals surface area contributed by atoms with Crippen molar-refractivity contribution < 1.29 is 14.7 Å². The first-order valence-corrected chi connectivity index (χ1v) is 4.84. The fourth-order valence-corrected chi connectivity index (χ4v) is 2.13. The van der Waals surface area contributed by atoms with E-state index < -0.39 is 12.0 Å². The Morgan fingerprint density at radius 2 is 2.42 bits per heavy atom. The lowest BCUT2D eigenvalue weighted by Gasteiger charge is -2.21. The van der Waals surface area contributed by atoms with E-state index in [4.69, 9.17) is 5.11 Å². The molecule has 68 valence electrons. The second-order valence-corrected chi connectivity index (χ2v) is 3.83. The van der Waals surface area contributed by atoms with Crippen molar-refractivity contribution in [1.29, 1.82) is 0 Å². The zero-order valence-corrected chi connectivity index (χ0v) is 7.63. The Morgan fingerprint density at radius 3 is 3.00 bits per heavy atom. The summed E-state index contributed by atoms with van der Waals surface area (Å²) in [5.74, 6) is 0.234. The molecule has 1 rings (SSSR count). The van der Waals surface area contributed by atoms with Crippen molar-refractivity contribution in [3.8, 4) is 0 Å². The summed E-state index contributed by atoms with van der Waals surface area (Å²) in [6.07, 6.45) is 0.449. The minimum absolute atomic E-state index is 0.0765. The highest BCUT2D eigenvalue weighted by molar-refractivity contribution is 7.99. The number of carboxylic acids is 1. The maximum absolute atomic E-state index is 11.2. The van der Waals surface area contributed by atoms with Gasteiger partial charge in [-0.05, 0) is 0 Å². The van der Waals surface area contributed by atoms with Gasteiger partial charge in [0.2, 0.25) is 5.91 Å².